The molecule has 3 fully saturated rings. The summed E-state index contributed by atoms with van der Waals surface area (Å²) in [5, 5.41) is 3.64. The van der Waals surface area contributed by atoms with Gasteiger partial charge in [-0.15, -0.1) is 11.3 Å². The molecule has 0 radical (unpaired) electrons. The highest BCUT2D eigenvalue weighted by Crippen LogP contribution is 2.72. The molecule has 98 valence electrons. The van der Waals surface area contributed by atoms with Crippen LogP contribution in [0, 0.1) is 43.4 Å². The predicted octanol–water partition coefficient (Wildman–Crippen LogP) is 3.92. The van der Waals surface area contributed by atoms with Crippen LogP contribution in [0.5, 0.6) is 0 Å². The van der Waals surface area contributed by atoms with Gasteiger partial charge in [0.15, 0.2) is 0 Å². The molecule has 0 amide bonds. The van der Waals surface area contributed by atoms with Gasteiger partial charge in [-0.2, -0.15) is 0 Å². The van der Waals surface area contributed by atoms with E-state index in [1.54, 1.807) is 12.0 Å². The molecule has 1 heterocycles. The normalized spacial score (nSPS) is 42.1. The molecule has 1 N–H and O–H groups in total. The fraction of sp³-hybridized carbons (Fsp3) is 0.750. The average molecular weight is 261 g/mol. The van der Waals surface area contributed by atoms with Crippen LogP contribution in [0.15, 0.2) is 6.07 Å². The number of hydrogen-bond donors (Lipinski definition) is 1. The number of nitrogens with one attached hydrogen (secondary N) is 1. The fourth-order valence-corrected chi connectivity index (χ4v) is 6.33. The van der Waals surface area contributed by atoms with Crippen LogP contribution in [0.1, 0.15) is 40.6 Å². The van der Waals surface area contributed by atoms with Crippen molar-refractivity contribution < 1.29 is 0 Å². The van der Waals surface area contributed by atoms with Crippen LogP contribution in [0.25, 0.3) is 0 Å². The van der Waals surface area contributed by atoms with Crippen molar-refractivity contribution in [2.24, 2.45) is 29.6 Å². The first kappa shape index (κ1) is 11.5. The van der Waals surface area contributed by atoms with E-state index in [0.717, 1.165) is 29.6 Å². The van der Waals surface area contributed by atoms with E-state index in [0.29, 0.717) is 6.04 Å². The van der Waals surface area contributed by atoms with E-state index in [1.165, 1.54) is 22.6 Å². The van der Waals surface area contributed by atoms with E-state index in [2.05, 4.69) is 32.3 Å². The van der Waals surface area contributed by atoms with Gasteiger partial charge in [0, 0.05) is 15.8 Å². The summed E-state index contributed by atoms with van der Waals surface area (Å²) in [6.07, 6.45) is 4.62. The SMILES string of the molecule is CNC(c1cc(C)sc1C)C1C2C3CCC(C3)C21. The van der Waals surface area contributed by atoms with Crippen LogP contribution in [-0.4, -0.2) is 7.05 Å². The lowest BCUT2D eigenvalue weighted by molar-refractivity contribution is 0.385. The van der Waals surface area contributed by atoms with Crippen molar-refractivity contribution in [3.63, 3.8) is 0 Å². The summed E-state index contributed by atoms with van der Waals surface area (Å²) in [4.78, 5) is 3.00. The minimum Gasteiger partial charge on any atom is -0.313 e. The number of fused-ring (bicyclic) bond motifs is 5. The van der Waals surface area contributed by atoms with Crippen LogP contribution in [0.3, 0.4) is 0 Å². The molecule has 5 atom stereocenters. The molecule has 0 saturated heterocycles. The molecule has 0 aromatic carbocycles. The van der Waals surface area contributed by atoms with Crippen LogP contribution >= 0.6 is 11.3 Å². The number of rotatable bonds is 3. The molecule has 5 unspecified atom stereocenters. The van der Waals surface area contributed by atoms with Crippen molar-refractivity contribution >= 4 is 11.3 Å². The molecule has 1 aromatic rings. The van der Waals surface area contributed by atoms with Gasteiger partial charge in [0.2, 0.25) is 0 Å². The molecule has 1 nitrogen and oxygen atoms in total. The van der Waals surface area contributed by atoms with E-state index in [1.807, 2.05) is 11.3 Å². The van der Waals surface area contributed by atoms with Gasteiger partial charge < -0.3 is 5.32 Å². The van der Waals surface area contributed by atoms with Gasteiger partial charge in [0.25, 0.3) is 0 Å². The zero-order valence-corrected chi connectivity index (χ0v) is 12.4. The molecule has 3 aliphatic carbocycles. The Kier molecular flexibility index (Phi) is 2.44. The quantitative estimate of drug-likeness (QED) is 0.869. The maximum Gasteiger partial charge on any atom is 0.0362 e. The van der Waals surface area contributed by atoms with Gasteiger partial charge in [-0.3, -0.25) is 0 Å². The van der Waals surface area contributed by atoms with E-state index < -0.39 is 0 Å². The van der Waals surface area contributed by atoms with Crippen molar-refractivity contribution in [3.8, 4) is 0 Å². The van der Waals surface area contributed by atoms with Crippen molar-refractivity contribution in [2.45, 2.75) is 39.2 Å². The molecule has 3 saturated carbocycles. The Morgan fingerprint density at radius 3 is 2.39 bits per heavy atom. The molecule has 4 rings (SSSR count). The van der Waals surface area contributed by atoms with E-state index in [-0.39, 0.29) is 0 Å². The summed E-state index contributed by atoms with van der Waals surface area (Å²) >= 11 is 1.96. The Bertz CT molecular complexity index is 461. The van der Waals surface area contributed by atoms with E-state index in [9.17, 15) is 0 Å². The summed E-state index contributed by atoms with van der Waals surface area (Å²) in [6, 6.07) is 3.06. The lowest BCUT2D eigenvalue weighted by Crippen LogP contribution is -2.22. The first-order chi connectivity index (χ1) is 8.70. The largest absolute Gasteiger partial charge is 0.313 e. The monoisotopic (exact) mass is 261 g/mol. The standard InChI is InChI=1S/C16H23NS/c1-8-6-12(9(2)18-8)16(17-3)15-13-10-4-5-11(7-10)14(13)15/h6,10-11,13-17H,4-5,7H2,1-3H3. The Morgan fingerprint density at radius 1 is 1.22 bits per heavy atom. The summed E-state index contributed by atoms with van der Waals surface area (Å²) in [5.41, 5.74) is 1.60. The molecule has 0 aliphatic heterocycles. The van der Waals surface area contributed by atoms with Gasteiger partial charge in [0.05, 0.1) is 0 Å². The van der Waals surface area contributed by atoms with Crippen LogP contribution in [-0.2, 0) is 0 Å². The Labute approximate surface area is 114 Å². The third kappa shape index (κ3) is 1.42. The highest BCUT2D eigenvalue weighted by molar-refractivity contribution is 7.12. The summed E-state index contributed by atoms with van der Waals surface area (Å²) in [7, 11) is 2.16. The maximum atomic E-state index is 3.64. The summed E-state index contributed by atoms with van der Waals surface area (Å²) in [6.45, 7) is 4.54. The van der Waals surface area contributed by atoms with Gasteiger partial charge >= 0.3 is 0 Å². The van der Waals surface area contributed by atoms with Crippen molar-refractivity contribution in [3.05, 3.63) is 21.4 Å². The van der Waals surface area contributed by atoms with E-state index in [4.69, 9.17) is 0 Å². The first-order valence-corrected chi connectivity index (χ1v) is 8.26. The van der Waals surface area contributed by atoms with Crippen LogP contribution in [0.4, 0.5) is 0 Å². The number of aryl methyl sites for hydroxylation is 2. The second-order valence-corrected chi connectivity index (χ2v) is 8.16. The fourth-order valence-electron chi connectivity index (χ4n) is 5.35. The van der Waals surface area contributed by atoms with Crippen molar-refractivity contribution in [1.29, 1.82) is 0 Å². The first-order valence-electron chi connectivity index (χ1n) is 7.45. The predicted molar refractivity (Wildman–Crippen MR) is 76.9 cm³/mol. The van der Waals surface area contributed by atoms with Crippen molar-refractivity contribution in [1.82, 2.24) is 5.32 Å². The minimum atomic E-state index is 0.633. The van der Waals surface area contributed by atoms with Crippen LogP contribution < -0.4 is 5.32 Å². The topological polar surface area (TPSA) is 12.0 Å². The zero-order valence-electron chi connectivity index (χ0n) is 11.6. The Balaban J connectivity index is 1.62. The molecular formula is C16H23NS. The summed E-state index contributed by atoms with van der Waals surface area (Å²) < 4.78 is 0. The summed E-state index contributed by atoms with van der Waals surface area (Å²) in [5.74, 6) is 5.26. The van der Waals surface area contributed by atoms with E-state index >= 15 is 0 Å². The molecule has 18 heavy (non-hydrogen) atoms. The highest BCUT2D eigenvalue weighted by atomic mass is 32.1. The Hall–Kier alpha value is -0.340. The average Bonchev–Trinajstić information content (AvgIpc) is 2.68. The van der Waals surface area contributed by atoms with Gasteiger partial charge in [-0.05, 0) is 81.4 Å². The second kappa shape index (κ2) is 3.83. The van der Waals surface area contributed by atoms with Gasteiger partial charge in [-0.1, -0.05) is 0 Å². The molecular weight excluding hydrogens is 238 g/mol. The number of thiophene rings is 1. The lowest BCUT2D eigenvalue weighted by Gasteiger charge is -2.20. The highest BCUT2D eigenvalue weighted by Gasteiger charge is 2.66. The minimum absolute atomic E-state index is 0.633. The van der Waals surface area contributed by atoms with Gasteiger partial charge in [0.1, 0.15) is 0 Å². The Morgan fingerprint density at radius 2 is 1.89 bits per heavy atom. The molecule has 3 aliphatic rings. The molecule has 0 spiro atoms. The molecule has 2 bridgehead atoms. The van der Waals surface area contributed by atoms with Crippen LogP contribution in [0.2, 0.25) is 0 Å². The zero-order chi connectivity index (χ0) is 12.4. The van der Waals surface area contributed by atoms with Gasteiger partial charge in [-0.25, -0.2) is 0 Å². The second-order valence-electron chi connectivity index (χ2n) is 6.70. The third-order valence-corrected chi connectivity index (χ3v) is 6.89. The molecule has 2 heteroatoms. The van der Waals surface area contributed by atoms with Crippen molar-refractivity contribution in [2.75, 3.05) is 7.05 Å². The molecule has 1 aromatic heterocycles. The lowest BCUT2D eigenvalue weighted by atomic mass is 9.93. The number of hydrogen-bond acceptors (Lipinski definition) is 2. The smallest absolute Gasteiger partial charge is 0.0362 e. The third-order valence-electron chi connectivity index (χ3n) is 5.91. The maximum absolute atomic E-state index is 3.64.